The van der Waals surface area contributed by atoms with Gasteiger partial charge in [-0.25, -0.2) is 0 Å². The molecule has 3 rings (SSSR count). The first-order valence-corrected chi connectivity index (χ1v) is 11.6. The number of benzene rings is 3. The van der Waals surface area contributed by atoms with Crippen LogP contribution in [0.15, 0.2) is 78.9 Å². The van der Waals surface area contributed by atoms with E-state index in [9.17, 15) is 5.11 Å². The second-order valence-corrected chi connectivity index (χ2v) is 8.30. The summed E-state index contributed by atoms with van der Waals surface area (Å²) in [6.07, 6.45) is 1.03. The van der Waals surface area contributed by atoms with Crippen LogP contribution in [0.25, 0.3) is 0 Å². The van der Waals surface area contributed by atoms with Crippen molar-refractivity contribution in [1.82, 2.24) is 5.32 Å². The summed E-state index contributed by atoms with van der Waals surface area (Å²) in [6, 6.07) is 26.4. The standard InChI is InChI=1S/C28H35NO4/c1-22(2)29-20-25(30)21-33-26-13-14-27(31-17-15-23-9-5-3-6-10-23)28(19-26)32-18-16-24-11-7-4-8-12-24/h3-14,19,22,25,29-30H,15-18,20-21H2,1-2H3/t25-/m1/s1. The van der Waals surface area contributed by atoms with Gasteiger partial charge in [-0.3, -0.25) is 0 Å². The fraction of sp³-hybridized carbons (Fsp3) is 0.357. The molecule has 1 atom stereocenters. The Bertz CT molecular complexity index is 931. The first kappa shape index (κ1) is 24.6. The number of rotatable bonds is 14. The van der Waals surface area contributed by atoms with E-state index in [1.165, 1.54) is 11.1 Å². The van der Waals surface area contributed by atoms with Gasteiger partial charge in [-0.05, 0) is 23.3 Å². The molecule has 0 saturated carbocycles. The Balaban J connectivity index is 1.59. The van der Waals surface area contributed by atoms with Crippen LogP contribution in [0.4, 0.5) is 0 Å². The molecule has 3 aromatic rings. The van der Waals surface area contributed by atoms with E-state index >= 15 is 0 Å². The molecule has 5 heteroatoms. The first-order valence-electron chi connectivity index (χ1n) is 11.6. The zero-order chi connectivity index (χ0) is 23.3. The second kappa shape index (κ2) is 13.5. The Kier molecular flexibility index (Phi) is 10.1. The van der Waals surface area contributed by atoms with Crippen molar-refractivity contribution < 1.29 is 19.3 Å². The van der Waals surface area contributed by atoms with Crippen LogP contribution in [-0.4, -0.2) is 43.6 Å². The monoisotopic (exact) mass is 449 g/mol. The maximum absolute atomic E-state index is 10.1. The highest BCUT2D eigenvalue weighted by atomic mass is 16.5. The fourth-order valence-electron chi connectivity index (χ4n) is 3.28. The normalized spacial score (nSPS) is 11.9. The minimum atomic E-state index is -0.586. The summed E-state index contributed by atoms with van der Waals surface area (Å²) < 4.78 is 17.9. The minimum Gasteiger partial charge on any atom is -0.491 e. The van der Waals surface area contributed by atoms with Crippen molar-refractivity contribution in [2.75, 3.05) is 26.4 Å². The number of nitrogens with one attached hydrogen (secondary N) is 1. The number of ether oxygens (including phenoxy) is 3. The summed E-state index contributed by atoms with van der Waals surface area (Å²) in [5.41, 5.74) is 2.45. The molecule has 0 unspecified atom stereocenters. The van der Waals surface area contributed by atoms with Crippen LogP contribution < -0.4 is 19.5 Å². The molecule has 0 fully saturated rings. The van der Waals surface area contributed by atoms with Crippen LogP contribution in [-0.2, 0) is 12.8 Å². The van der Waals surface area contributed by atoms with Gasteiger partial charge in [0.2, 0.25) is 0 Å². The van der Waals surface area contributed by atoms with Crippen LogP contribution in [0.1, 0.15) is 25.0 Å². The predicted octanol–water partition coefficient (Wildman–Crippen LogP) is 4.67. The zero-order valence-electron chi connectivity index (χ0n) is 19.6. The summed E-state index contributed by atoms with van der Waals surface area (Å²) >= 11 is 0. The van der Waals surface area contributed by atoms with Crippen LogP contribution >= 0.6 is 0 Å². The van der Waals surface area contributed by atoms with Gasteiger partial charge in [0, 0.05) is 31.5 Å². The quantitative estimate of drug-likeness (QED) is 0.375. The molecule has 0 aliphatic rings. The van der Waals surface area contributed by atoms with E-state index in [-0.39, 0.29) is 6.61 Å². The van der Waals surface area contributed by atoms with Crippen LogP contribution in [0.3, 0.4) is 0 Å². The lowest BCUT2D eigenvalue weighted by Gasteiger charge is -2.17. The van der Waals surface area contributed by atoms with E-state index in [1.54, 1.807) is 0 Å². The van der Waals surface area contributed by atoms with Crippen LogP contribution in [0, 0.1) is 0 Å². The molecule has 0 amide bonds. The molecule has 0 spiro atoms. The molecular weight excluding hydrogens is 414 g/mol. The minimum absolute atomic E-state index is 0.206. The highest BCUT2D eigenvalue weighted by Gasteiger charge is 2.11. The van der Waals surface area contributed by atoms with Crippen LogP contribution in [0.2, 0.25) is 0 Å². The number of aliphatic hydroxyl groups excluding tert-OH is 1. The summed E-state index contributed by atoms with van der Waals surface area (Å²) in [5.74, 6) is 1.98. The summed E-state index contributed by atoms with van der Waals surface area (Å²) in [6.45, 7) is 5.87. The predicted molar refractivity (Wildman–Crippen MR) is 132 cm³/mol. The average Bonchev–Trinajstić information content (AvgIpc) is 2.84. The number of hydrogen-bond donors (Lipinski definition) is 2. The maximum Gasteiger partial charge on any atom is 0.164 e. The molecule has 33 heavy (non-hydrogen) atoms. The van der Waals surface area contributed by atoms with Gasteiger partial charge in [0.25, 0.3) is 0 Å². The lowest BCUT2D eigenvalue weighted by atomic mass is 10.2. The number of aliphatic hydroxyl groups is 1. The van der Waals surface area contributed by atoms with E-state index < -0.39 is 6.10 Å². The molecule has 0 saturated heterocycles. The van der Waals surface area contributed by atoms with Crippen molar-refractivity contribution in [3.63, 3.8) is 0 Å². The first-order chi connectivity index (χ1) is 16.1. The molecule has 0 aliphatic carbocycles. The summed E-state index contributed by atoms with van der Waals surface area (Å²) in [5, 5.41) is 13.3. The van der Waals surface area contributed by atoms with Crippen molar-refractivity contribution in [1.29, 1.82) is 0 Å². The number of hydrogen-bond acceptors (Lipinski definition) is 5. The molecule has 0 aliphatic heterocycles. The Morgan fingerprint density at radius 1 is 0.727 bits per heavy atom. The topological polar surface area (TPSA) is 60.0 Å². The molecule has 5 nitrogen and oxygen atoms in total. The van der Waals surface area contributed by atoms with Crippen molar-refractivity contribution in [3.8, 4) is 17.2 Å². The van der Waals surface area contributed by atoms with Gasteiger partial charge in [0.15, 0.2) is 11.5 Å². The molecule has 176 valence electrons. The van der Waals surface area contributed by atoms with Crippen molar-refractivity contribution in [2.45, 2.75) is 38.8 Å². The van der Waals surface area contributed by atoms with E-state index in [4.69, 9.17) is 14.2 Å². The van der Waals surface area contributed by atoms with Gasteiger partial charge < -0.3 is 24.6 Å². The van der Waals surface area contributed by atoms with Crippen molar-refractivity contribution in [2.24, 2.45) is 0 Å². The molecular formula is C28H35NO4. The van der Waals surface area contributed by atoms with E-state index in [0.29, 0.717) is 43.0 Å². The van der Waals surface area contributed by atoms with Gasteiger partial charge in [0.1, 0.15) is 18.5 Å². The molecule has 0 radical (unpaired) electrons. The van der Waals surface area contributed by atoms with E-state index in [2.05, 4.69) is 29.6 Å². The zero-order valence-corrected chi connectivity index (χ0v) is 19.6. The van der Waals surface area contributed by atoms with Crippen molar-refractivity contribution in [3.05, 3.63) is 90.0 Å². The molecule has 0 aromatic heterocycles. The highest BCUT2D eigenvalue weighted by Crippen LogP contribution is 2.32. The average molecular weight is 450 g/mol. The second-order valence-electron chi connectivity index (χ2n) is 8.30. The molecule has 0 bridgehead atoms. The van der Waals surface area contributed by atoms with Gasteiger partial charge in [-0.15, -0.1) is 0 Å². The largest absolute Gasteiger partial charge is 0.491 e. The maximum atomic E-state index is 10.1. The SMILES string of the molecule is CC(C)NC[C@@H](O)COc1ccc(OCCc2ccccc2)c(OCCc2ccccc2)c1. The fourth-order valence-corrected chi connectivity index (χ4v) is 3.28. The third kappa shape index (κ3) is 9.16. The third-order valence-electron chi connectivity index (χ3n) is 5.10. The Morgan fingerprint density at radius 2 is 1.30 bits per heavy atom. The molecule has 2 N–H and O–H groups in total. The Hall–Kier alpha value is -3.02. The summed E-state index contributed by atoms with van der Waals surface area (Å²) in [7, 11) is 0. The van der Waals surface area contributed by atoms with Crippen LogP contribution in [0.5, 0.6) is 17.2 Å². The Morgan fingerprint density at radius 3 is 1.88 bits per heavy atom. The smallest absolute Gasteiger partial charge is 0.164 e. The lowest BCUT2D eigenvalue weighted by molar-refractivity contribution is 0.104. The van der Waals surface area contributed by atoms with Gasteiger partial charge in [-0.2, -0.15) is 0 Å². The van der Waals surface area contributed by atoms with E-state index in [1.807, 2.05) is 68.4 Å². The lowest BCUT2D eigenvalue weighted by Crippen LogP contribution is -2.35. The van der Waals surface area contributed by atoms with Gasteiger partial charge >= 0.3 is 0 Å². The van der Waals surface area contributed by atoms with Gasteiger partial charge in [0.05, 0.1) is 13.2 Å². The molecule has 0 heterocycles. The Labute approximate surface area is 197 Å². The van der Waals surface area contributed by atoms with Crippen molar-refractivity contribution >= 4 is 0 Å². The third-order valence-corrected chi connectivity index (χ3v) is 5.10. The molecule has 3 aromatic carbocycles. The highest BCUT2D eigenvalue weighted by molar-refractivity contribution is 5.45. The van der Waals surface area contributed by atoms with Gasteiger partial charge in [-0.1, -0.05) is 74.5 Å². The summed E-state index contributed by atoms with van der Waals surface area (Å²) in [4.78, 5) is 0. The van der Waals surface area contributed by atoms with E-state index in [0.717, 1.165) is 12.8 Å².